The van der Waals surface area contributed by atoms with Crippen LogP contribution in [-0.4, -0.2) is 31.2 Å². The number of carboxylic acid groups (broad SMARTS) is 1. The number of rotatable bonds is 5. The SMILES string of the molecule is Cc1cnc(-c2noc(CC(C)CC(=O)O)n2)nc1. The second-order valence-electron chi connectivity index (χ2n) is 4.50. The number of hydrogen-bond donors (Lipinski definition) is 1. The van der Waals surface area contributed by atoms with Gasteiger partial charge < -0.3 is 9.63 Å². The molecule has 2 heterocycles. The normalized spacial score (nSPS) is 12.3. The molecule has 1 N–H and O–H groups in total. The molecule has 0 aliphatic heterocycles. The zero-order chi connectivity index (χ0) is 13.8. The van der Waals surface area contributed by atoms with Gasteiger partial charge in [-0.3, -0.25) is 4.79 Å². The van der Waals surface area contributed by atoms with Crippen molar-refractivity contribution in [1.29, 1.82) is 0 Å². The minimum atomic E-state index is -0.839. The molecule has 0 aromatic carbocycles. The minimum absolute atomic E-state index is 0.0651. The maximum Gasteiger partial charge on any atom is 0.303 e. The summed E-state index contributed by atoms with van der Waals surface area (Å²) in [5.74, 6) is 0.204. The molecule has 0 bridgehead atoms. The van der Waals surface area contributed by atoms with Gasteiger partial charge in [-0.1, -0.05) is 12.1 Å². The van der Waals surface area contributed by atoms with Crippen LogP contribution in [0.1, 0.15) is 24.8 Å². The number of hydrogen-bond acceptors (Lipinski definition) is 6. The first-order valence-corrected chi connectivity index (χ1v) is 5.88. The maximum atomic E-state index is 10.6. The summed E-state index contributed by atoms with van der Waals surface area (Å²) in [7, 11) is 0. The van der Waals surface area contributed by atoms with Gasteiger partial charge in [0.2, 0.25) is 17.5 Å². The van der Waals surface area contributed by atoms with Crippen molar-refractivity contribution >= 4 is 5.97 Å². The topological polar surface area (TPSA) is 102 Å². The van der Waals surface area contributed by atoms with E-state index in [9.17, 15) is 4.79 Å². The predicted octanol–water partition coefficient (Wildman–Crippen LogP) is 1.49. The van der Waals surface area contributed by atoms with Gasteiger partial charge in [0.15, 0.2) is 0 Å². The van der Waals surface area contributed by atoms with E-state index in [2.05, 4.69) is 20.1 Å². The Hall–Kier alpha value is -2.31. The Balaban J connectivity index is 2.06. The Kier molecular flexibility index (Phi) is 3.84. The highest BCUT2D eigenvalue weighted by Crippen LogP contribution is 2.14. The van der Waals surface area contributed by atoms with Crippen LogP contribution in [0.15, 0.2) is 16.9 Å². The first-order chi connectivity index (χ1) is 9.04. The Morgan fingerprint density at radius 3 is 2.68 bits per heavy atom. The third-order valence-electron chi connectivity index (χ3n) is 2.50. The number of aliphatic carboxylic acids is 1. The quantitative estimate of drug-likeness (QED) is 0.870. The van der Waals surface area contributed by atoms with Crippen LogP contribution in [-0.2, 0) is 11.2 Å². The van der Waals surface area contributed by atoms with Crippen molar-refractivity contribution in [2.24, 2.45) is 5.92 Å². The first kappa shape index (κ1) is 13.1. The molecular weight excluding hydrogens is 248 g/mol. The van der Waals surface area contributed by atoms with Crippen molar-refractivity contribution in [2.75, 3.05) is 0 Å². The van der Waals surface area contributed by atoms with E-state index in [-0.39, 0.29) is 12.3 Å². The number of aryl methyl sites for hydroxylation is 1. The maximum absolute atomic E-state index is 10.6. The number of nitrogens with zero attached hydrogens (tertiary/aromatic N) is 4. The van der Waals surface area contributed by atoms with E-state index < -0.39 is 5.97 Å². The largest absolute Gasteiger partial charge is 0.481 e. The van der Waals surface area contributed by atoms with Gasteiger partial charge in [-0.05, 0) is 18.4 Å². The first-order valence-electron chi connectivity index (χ1n) is 5.88. The second-order valence-corrected chi connectivity index (χ2v) is 4.50. The average Bonchev–Trinajstić information content (AvgIpc) is 2.77. The van der Waals surface area contributed by atoms with Gasteiger partial charge in [0.05, 0.1) is 0 Å². The molecule has 0 aliphatic rings. The lowest BCUT2D eigenvalue weighted by Gasteiger charge is -2.03. The van der Waals surface area contributed by atoms with Crippen molar-refractivity contribution in [1.82, 2.24) is 20.1 Å². The smallest absolute Gasteiger partial charge is 0.303 e. The van der Waals surface area contributed by atoms with Crippen LogP contribution in [0, 0.1) is 12.8 Å². The van der Waals surface area contributed by atoms with Crippen LogP contribution in [0.4, 0.5) is 0 Å². The lowest BCUT2D eigenvalue weighted by molar-refractivity contribution is -0.137. The van der Waals surface area contributed by atoms with Gasteiger partial charge in [0.25, 0.3) is 0 Å². The Bertz CT molecular complexity index is 565. The zero-order valence-electron chi connectivity index (χ0n) is 10.7. The average molecular weight is 262 g/mol. The summed E-state index contributed by atoms with van der Waals surface area (Å²) in [6.07, 6.45) is 3.83. The Labute approximate surface area is 109 Å². The molecule has 19 heavy (non-hydrogen) atoms. The van der Waals surface area contributed by atoms with Crippen LogP contribution in [0.5, 0.6) is 0 Å². The molecule has 0 radical (unpaired) electrons. The monoisotopic (exact) mass is 262 g/mol. The molecule has 2 rings (SSSR count). The number of aromatic nitrogens is 4. The van der Waals surface area contributed by atoms with E-state index in [1.807, 2.05) is 13.8 Å². The summed E-state index contributed by atoms with van der Waals surface area (Å²) in [6, 6.07) is 0. The fraction of sp³-hybridized carbons (Fsp3) is 0.417. The van der Waals surface area contributed by atoms with Crippen molar-refractivity contribution in [3.8, 4) is 11.6 Å². The molecule has 0 amide bonds. The summed E-state index contributed by atoms with van der Waals surface area (Å²) in [4.78, 5) is 22.9. The molecule has 2 aromatic rings. The van der Waals surface area contributed by atoms with E-state index in [1.165, 1.54) is 0 Å². The van der Waals surface area contributed by atoms with E-state index in [0.29, 0.717) is 24.0 Å². The molecule has 0 spiro atoms. The second kappa shape index (κ2) is 5.55. The van der Waals surface area contributed by atoms with Gasteiger partial charge in [0.1, 0.15) is 0 Å². The molecule has 0 saturated heterocycles. The summed E-state index contributed by atoms with van der Waals surface area (Å²) in [6.45, 7) is 3.71. The molecule has 0 fully saturated rings. The molecule has 7 nitrogen and oxygen atoms in total. The molecule has 1 atom stereocenters. The van der Waals surface area contributed by atoms with E-state index >= 15 is 0 Å². The van der Waals surface area contributed by atoms with Crippen LogP contribution >= 0.6 is 0 Å². The van der Waals surface area contributed by atoms with E-state index in [1.54, 1.807) is 12.4 Å². The molecule has 2 aromatic heterocycles. The van der Waals surface area contributed by atoms with Crippen LogP contribution in [0.2, 0.25) is 0 Å². The highest BCUT2D eigenvalue weighted by molar-refractivity contribution is 5.66. The summed E-state index contributed by atoms with van der Waals surface area (Å²) >= 11 is 0. The highest BCUT2D eigenvalue weighted by Gasteiger charge is 2.15. The van der Waals surface area contributed by atoms with Crippen LogP contribution in [0.3, 0.4) is 0 Å². The lowest BCUT2D eigenvalue weighted by atomic mass is 10.0. The Morgan fingerprint density at radius 2 is 2.05 bits per heavy atom. The lowest BCUT2D eigenvalue weighted by Crippen LogP contribution is -2.07. The molecule has 100 valence electrons. The third-order valence-corrected chi connectivity index (χ3v) is 2.50. The number of carboxylic acids is 1. The van der Waals surface area contributed by atoms with Crippen LogP contribution in [0.25, 0.3) is 11.6 Å². The minimum Gasteiger partial charge on any atom is -0.481 e. The van der Waals surface area contributed by atoms with Gasteiger partial charge in [-0.25, -0.2) is 9.97 Å². The van der Waals surface area contributed by atoms with Gasteiger partial charge in [0, 0.05) is 25.2 Å². The summed E-state index contributed by atoms with van der Waals surface area (Å²) < 4.78 is 5.07. The zero-order valence-corrected chi connectivity index (χ0v) is 10.7. The number of carbonyl (C=O) groups is 1. The molecular formula is C12H14N4O3. The molecule has 1 unspecified atom stereocenters. The fourth-order valence-corrected chi connectivity index (χ4v) is 1.61. The summed E-state index contributed by atoms with van der Waals surface area (Å²) in [5.41, 5.74) is 0.947. The van der Waals surface area contributed by atoms with Gasteiger partial charge >= 0.3 is 5.97 Å². The standard InChI is InChI=1S/C12H14N4O3/c1-7(4-10(17)18)3-9-15-12(16-19-9)11-13-5-8(2)6-14-11/h5-7H,3-4H2,1-2H3,(H,17,18). The van der Waals surface area contributed by atoms with Crippen LogP contribution < -0.4 is 0 Å². The predicted molar refractivity (Wildman–Crippen MR) is 65.2 cm³/mol. The van der Waals surface area contributed by atoms with Gasteiger partial charge in [-0.2, -0.15) is 4.98 Å². The summed E-state index contributed by atoms with van der Waals surface area (Å²) in [5, 5.41) is 12.5. The van der Waals surface area contributed by atoms with E-state index in [4.69, 9.17) is 9.63 Å². The van der Waals surface area contributed by atoms with Crippen molar-refractivity contribution in [3.05, 3.63) is 23.8 Å². The Morgan fingerprint density at radius 1 is 1.37 bits per heavy atom. The third kappa shape index (κ3) is 3.57. The molecule has 0 saturated carbocycles. The highest BCUT2D eigenvalue weighted by atomic mass is 16.5. The fourth-order valence-electron chi connectivity index (χ4n) is 1.61. The van der Waals surface area contributed by atoms with E-state index in [0.717, 1.165) is 5.56 Å². The van der Waals surface area contributed by atoms with Gasteiger partial charge in [-0.15, -0.1) is 0 Å². The molecule has 7 heteroatoms. The van der Waals surface area contributed by atoms with Crippen molar-refractivity contribution in [3.63, 3.8) is 0 Å². The van der Waals surface area contributed by atoms with Crippen molar-refractivity contribution < 1.29 is 14.4 Å². The molecule has 0 aliphatic carbocycles. The van der Waals surface area contributed by atoms with Crippen molar-refractivity contribution in [2.45, 2.75) is 26.7 Å².